The third kappa shape index (κ3) is 3.38. The van der Waals surface area contributed by atoms with Gasteiger partial charge in [-0.15, -0.1) is 0 Å². The molecule has 0 aliphatic carbocycles. The standard InChI is InChI=1S/C21H21N3O2/c1-15-7-5-6-10-18(15)21(25)24-13-17(14-24)20-22-19(23-26-20)12-11-16-8-3-2-4-9-16/h2-10,17H,11-14H2,1H3. The van der Waals surface area contributed by atoms with Crippen molar-refractivity contribution >= 4 is 5.91 Å². The molecule has 1 fully saturated rings. The smallest absolute Gasteiger partial charge is 0.254 e. The summed E-state index contributed by atoms with van der Waals surface area (Å²) < 4.78 is 5.42. The minimum atomic E-state index is 0.0724. The summed E-state index contributed by atoms with van der Waals surface area (Å²) in [5.41, 5.74) is 3.03. The molecule has 2 aromatic carbocycles. The highest BCUT2D eigenvalue weighted by Crippen LogP contribution is 2.28. The fraction of sp³-hybridized carbons (Fsp3) is 0.286. The number of carbonyl (C=O) groups excluding carboxylic acids is 1. The fourth-order valence-electron chi connectivity index (χ4n) is 3.22. The van der Waals surface area contributed by atoms with E-state index < -0.39 is 0 Å². The number of aryl methyl sites for hydroxylation is 3. The summed E-state index contributed by atoms with van der Waals surface area (Å²) in [6.45, 7) is 3.22. The summed E-state index contributed by atoms with van der Waals surface area (Å²) >= 11 is 0. The van der Waals surface area contributed by atoms with Crippen LogP contribution in [0, 0.1) is 6.92 Å². The van der Waals surface area contributed by atoms with Crippen LogP contribution in [0.2, 0.25) is 0 Å². The molecule has 0 bridgehead atoms. The first-order valence-electron chi connectivity index (χ1n) is 8.92. The summed E-state index contributed by atoms with van der Waals surface area (Å²) in [6.07, 6.45) is 1.65. The van der Waals surface area contributed by atoms with Crippen molar-refractivity contribution in [1.29, 1.82) is 0 Å². The SMILES string of the molecule is Cc1ccccc1C(=O)N1CC(c2nc(CCc3ccccc3)no2)C1. The van der Waals surface area contributed by atoms with Gasteiger partial charge >= 0.3 is 0 Å². The van der Waals surface area contributed by atoms with Crippen molar-refractivity contribution < 1.29 is 9.32 Å². The number of aromatic nitrogens is 2. The van der Waals surface area contributed by atoms with Gasteiger partial charge in [0.15, 0.2) is 5.82 Å². The van der Waals surface area contributed by atoms with Crippen molar-refractivity contribution in [2.75, 3.05) is 13.1 Å². The Labute approximate surface area is 152 Å². The maximum atomic E-state index is 12.5. The zero-order chi connectivity index (χ0) is 17.9. The second kappa shape index (κ2) is 7.12. The monoisotopic (exact) mass is 347 g/mol. The zero-order valence-electron chi connectivity index (χ0n) is 14.8. The predicted octanol–water partition coefficient (Wildman–Crippen LogP) is 3.40. The van der Waals surface area contributed by atoms with Crippen LogP contribution in [-0.2, 0) is 12.8 Å². The Morgan fingerprint density at radius 3 is 2.58 bits per heavy atom. The summed E-state index contributed by atoms with van der Waals surface area (Å²) in [5, 5.41) is 4.09. The van der Waals surface area contributed by atoms with Crippen molar-refractivity contribution in [3.63, 3.8) is 0 Å². The van der Waals surface area contributed by atoms with Gasteiger partial charge < -0.3 is 9.42 Å². The van der Waals surface area contributed by atoms with Crippen LogP contribution in [0.15, 0.2) is 59.1 Å². The van der Waals surface area contributed by atoms with Crippen LogP contribution in [0.3, 0.4) is 0 Å². The van der Waals surface area contributed by atoms with E-state index in [9.17, 15) is 4.79 Å². The molecule has 1 aliphatic rings. The van der Waals surface area contributed by atoms with Gasteiger partial charge in [0.25, 0.3) is 5.91 Å². The van der Waals surface area contributed by atoms with Crippen LogP contribution in [0.25, 0.3) is 0 Å². The highest BCUT2D eigenvalue weighted by molar-refractivity contribution is 5.96. The van der Waals surface area contributed by atoms with E-state index in [1.165, 1.54) is 5.56 Å². The number of rotatable bonds is 5. The Balaban J connectivity index is 1.33. The minimum absolute atomic E-state index is 0.0724. The quantitative estimate of drug-likeness (QED) is 0.710. The molecule has 4 rings (SSSR count). The molecule has 0 saturated carbocycles. The number of benzene rings is 2. The molecule has 0 unspecified atom stereocenters. The molecule has 3 aromatic rings. The Kier molecular flexibility index (Phi) is 4.52. The lowest BCUT2D eigenvalue weighted by atomic mass is 9.97. The van der Waals surface area contributed by atoms with Gasteiger partial charge in [-0.2, -0.15) is 4.98 Å². The molecule has 0 radical (unpaired) electrons. The largest absolute Gasteiger partial charge is 0.339 e. The van der Waals surface area contributed by atoms with E-state index in [-0.39, 0.29) is 11.8 Å². The van der Waals surface area contributed by atoms with Gasteiger partial charge in [-0.25, -0.2) is 0 Å². The lowest BCUT2D eigenvalue weighted by Gasteiger charge is -2.37. The van der Waals surface area contributed by atoms with Crippen LogP contribution >= 0.6 is 0 Å². The molecule has 1 aliphatic heterocycles. The van der Waals surface area contributed by atoms with E-state index in [1.807, 2.05) is 54.3 Å². The minimum Gasteiger partial charge on any atom is -0.339 e. The van der Waals surface area contributed by atoms with Gasteiger partial charge in [0, 0.05) is 25.1 Å². The summed E-state index contributed by atoms with van der Waals surface area (Å²) in [4.78, 5) is 18.9. The van der Waals surface area contributed by atoms with Crippen LogP contribution in [-0.4, -0.2) is 34.0 Å². The molecule has 1 amide bonds. The summed E-state index contributed by atoms with van der Waals surface area (Å²) in [5.74, 6) is 1.58. The number of amides is 1. The first-order chi connectivity index (χ1) is 12.7. The average Bonchev–Trinajstić information content (AvgIpc) is 3.08. The van der Waals surface area contributed by atoms with Crippen molar-refractivity contribution in [3.8, 4) is 0 Å². The first kappa shape index (κ1) is 16.5. The summed E-state index contributed by atoms with van der Waals surface area (Å²) in [6, 6.07) is 18.0. The van der Waals surface area contributed by atoms with E-state index in [0.29, 0.717) is 19.0 Å². The van der Waals surface area contributed by atoms with Crippen LogP contribution < -0.4 is 0 Å². The average molecular weight is 347 g/mol. The number of likely N-dealkylation sites (tertiary alicyclic amines) is 1. The summed E-state index contributed by atoms with van der Waals surface area (Å²) in [7, 11) is 0. The molecule has 1 aromatic heterocycles. The molecular formula is C21H21N3O2. The molecule has 5 nitrogen and oxygen atoms in total. The van der Waals surface area contributed by atoms with Crippen molar-refractivity contribution in [3.05, 3.63) is 83.0 Å². The molecular weight excluding hydrogens is 326 g/mol. The van der Waals surface area contributed by atoms with Gasteiger partial charge in [-0.3, -0.25) is 4.79 Å². The van der Waals surface area contributed by atoms with E-state index in [1.54, 1.807) is 0 Å². The molecule has 5 heteroatoms. The number of nitrogens with zero attached hydrogens (tertiary/aromatic N) is 3. The van der Waals surface area contributed by atoms with Crippen molar-refractivity contribution in [2.45, 2.75) is 25.7 Å². The van der Waals surface area contributed by atoms with Crippen LogP contribution in [0.1, 0.15) is 39.1 Å². The molecule has 132 valence electrons. The van der Waals surface area contributed by atoms with Crippen molar-refractivity contribution in [1.82, 2.24) is 15.0 Å². The lowest BCUT2D eigenvalue weighted by molar-refractivity contribution is 0.0568. The molecule has 1 saturated heterocycles. The van der Waals surface area contributed by atoms with E-state index in [2.05, 4.69) is 22.3 Å². The number of hydrogen-bond acceptors (Lipinski definition) is 4. The molecule has 0 atom stereocenters. The van der Waals surface area contributed by atoms with E-state index in [0.717, 1.165) is 29.8 Å². The lowest BCUT2D eigenvalue weighted by Crippen LogP contribution is -2.48. The molecule has 0 spiro atoms. The highest BCUT2D eigenvalue weighted by Gasteiger charge is 2.36. The van der Waals surface area contributed by atoms with E-state index in [4.69, 9.17) is 4.52 Å². The third-order valence-electron chi connectivity index (χ3n) is 4.86. The van der Waals surface area contributed by atoms with Gasteiger partial charge in [0.2, 0.25) is 5.89 Å². The second-order valence-corrected chi connectivity index (χ2v) is 6.76. The Hall–Kier alpha value is -2.95. The number of carbonyl (C=O) groups is 1. The Bertz CT molecular complexity index is 898. The molecule has 26 heavy (non-hydrogen) atoms. The normalized spacial score (nSPS) is 14.3. The maximum absolute atomic E-state index is 12.5. The maximum Gasteiger partial charge on any atom is 0.254 e. The fourth-order valence-corrected chi connectivity index (χ4v) is 3.22. The van der Waals surface area contributed by atoms with Crippen LogP contribution in [0.5, 0.6) is 0 Å². The molecule has 0 N–H and O–H groups in total. The highest BCUT2D eigenvalue weighted by atomic mass is 16.5. The first-order valence-corrected chi connectivity index (χ1v) is 8.92. The third-order valence-corrected chi connectivity index (χ3v) is 4.86. The van der Waals surface area contributed by atoms with Gasteiger partial charge in [-0.05, 0) is 30.5 Å². The Morgan fingerprint density at radius 2 is 1.81 bits per heavy atom. The van der Waals surface area contributed by atoms with Crippen LogP contribution in [0.4, 0.5) is 0 Å². The topological polar surface area (TPSA) is 59.2 Å². The van der Waals surface area contributed by atoms with Gasteiger partial charge in [0.1, 0.15) is 0 Å². The predicted molar refractivity (Wildman–Crippen MR) is 98.0 cm³/mol. The number of hydrogen-bond donors (Lipinski definition) is 0. The van der Waals surface area contributed by atoms with Gasteiger partial charge in [-0.1, -0.05) is 53.7 Å². The van der Waals surface area contributed by atoms with E-state index >= 15 is 0 Å². The van der Waals surface area contributed by atoms with Gasteiger partial charge in [0.05, 0.1) is 5.92 Å². The van der Waals surface area contributed by atoms with Crippen molar-refractivity contribution in [2.24, 2.45) is 0 Å². The second-order valence-electron chi connectivity index (χ2n) is 6.76. The zero-order valence-corrected chi connectivity index (χ0v) is 14.8. The Morgan fingerprint density at radius 1 is 1.08 bits per heavy atom. The molecule has 2 heterocycles.